The number of rotatable bonds is 6. The van der Waals surface area contributed by atoms with Crippen LogP contribution in [0, 0.1) is 6.92 Å². The molecule has 0 saturated carbocycles. The van der Waals surface area contributed by atoms with E-state index in [0.29, 0.717) is 17.3 Å². The topological polar surface area (TPSA) is 102 Å². The maximum Gasteiger partial charge on any atom is 0.261 e. The number of anilines is 3. The van der Waals surface area contributed by atoms with Gasteiger partial charge in [-0.05, 0) is 49.4 Å². The molecule has 0 amide bonds. The number of aryl methyl sites for hydroxylation is 1. The van der Waals surface area contributed by atoms with Crippen LogP contribution in [-0.2, 0) is 10.0 Å². The summed E-state index contributed by atoms with van der Waals surface area (Å²) >= 11 is 0. The van der Waals surface area contributed by atoms with Gasteiger partial charge in [-0.3, -0.25) is 4.72 Å². The standard InChI is InChI=1S/C20H18N6O2S/c1-15-3-9-18(10-4-15)29(27,28)25-17-7-5-16(6-8-17)24-19-13-20(22-14-21-19)26-12-2-11-23-26/h2-14,25H,1H3,(H,21,22,24). The van der Waals surface area contributed by atoms with Crippen LogP contribution in [0.25, 0.3) is 5.82 Å². The van der Waals surface area contributed by atoms with Gasteiger partial charge in [0.05, 0.1) is 4.90 Å². The second-order valence-corrected chi connectivity index (χ2v) is 8.02. The molecular weight excluding hydrogens is 388 g/mol. The summed E-state index contributed by atoms with van der Waals surface area (Å²) in [6.45, 7) is 1.91. The third-order valence-corrected chi connectivity index (χ3v) is 5.53. The molecule has 0 bridgehead atoms. The van der Waals surface area contributed by atoms with Crippen molar-refractivity contribution >= 4 is 27.2 Å². The zero-order valence-corrected chi connectivity index (χ0v) is 16.3. The predicted molar refractivity (Wildman–Crippen MR) is 111 cm³/mol. The number of hydrogen-bond acceptors (Lipinski definition) is 6. The van der Waals surface area contributed by atoms with Crippen LogP contribution < -0.4 is 10.0 Å². The predicted octanol–water partition coefficient (Wildman–Crippen LogP) is 3.52. The number of nitrogens with one attached hydrogen (secondary N) is 2. The Morgan fingerprint density at radius 1 is 0.931 bits per heavy atom. The van der Waals surface area contributed by atoms with E-state index in [1.165, 1.54) is 6.33 Å². The van der Waals surface area contributed by atoms with Crippen molar-refractivity contribution in [1.29, 1.82) is 0 Å². The highest BCUT2D eigenvalue weighted by Gasteiger charge is 2.13. The molecule has 29 heavy (non-hydrogen) atoms. The van der Waals surface area contributed by atoms with Gasteiger partial charge in [0.15, 0.2) is 5.82 Å². The second kappa shape index (κ2) is 7.72. The van der Waals surface area contributed by atoms with Gasteiger partial charge in [0.25, 0.3) is 10.0 Å². The summed E-state index contributed by atoms with van der Waals surface area (Å²) in [6, 6.07) is 17.2. The van der Waals surface area contributed by atoms with Gasteiger partial charge >= 0.3 is 0 Å². The fourth-order valence-corrected chi connectivity index (χ4v) is 3.70. The van der Waals surface area contributed by atoms with Gasteiger partial charge in [-0.25, -0.2) is 23.1 Å². The van der Waals surface area contributed by atoms with E-state index in [1.807, 2.05) is 13.0 Å². The monoisotopic (exact) mass is 406 g/mol. The normalized spacial score (nSPS) is 11.2. The van der Waals surface area contributed by atoms with Crippen molar-refractivity contribution in [1.82, 2.24) is 19.7 Å². The van der Waals surface area contributed by atoms with Crippen LogP contribution >= 0.6 is 0 Å². The Bertz CT molecular complexity index is 1200. The van der Waals surface area contributed by atoms with Gasteiger partial charge in [0.2, 0.25) is 0 Å². The molecule has 0 radical (unpaired) electrons. The van der Waals surface area contributed by atoms with E-state index in [9.17, 15) is 8.42 Å². The van der Waals surface area contributed by atoms with Gasteiger partial charge in [-0.1, -0.05) is 17.7 Å². The SMILES string of the molecule is Cc1ccc(S(=O)(=O)Nc2ccc(Nc3cc(-n4cccn4)ncn3)cc2)cc1. The van der Waals surface area contributed by atoms with E-state index in [-0.39, 0.29) is 4.90 Å². The minimum Gasteiger partial charge on any atom is -0.340 e. The second-order valence-electron chi connectivity index (χ2n) is 6.33. The van der Waals surface area contributed by atoms with Crippen LogP contribution in [0.5, 0.6) is 0 Å². The fraction of sp³-hybridized carbons (Fsp3) is 0.0500. The largest absolute Gasteiger partial charge is 0.340 e. The van der Waals surface area contributed by atoms with E-state index < -0.39 is 10.0 Å². The van der Waals surface area contributed by atoms with Crippen molar-refractivity contribution in [2.45, 2.75) is 11.8 Å². The average molecular weight is 406 g/mol. The molecule has 9 heteroatoms. The fourth-order valence-electron chi connectivity index (χ4n) is 2.65. The molecule has 0 saturated heterocycles. The molecule has 2 N–H and O–H groups in total. The molecule has 0 aliphatic rings. The molecule has 2 aromatic carbocycles. The molecule has 2 aromatic heterocycles. The first-order valence-corrected chi connectivity index (χ1v) is 10.3. The van der Waals surface area contributed by atoms with Crippen molar-refractivity contribution in [3.8, 4) is 5.82 Å². The number of hydrogen-bond donors (Lipinski definition) is 2. The number of aromatic nitrogens is 4. The smallest absolute Gasteiger partial charge is 0.261 e. The Hall–Kier alpha value is -3.72. The summed E-state index contributed by atoms with van der Waals surface area (Å²) in [5, 5.41) is 7.31. The highest BCUT2D eigenvalue weighted by atomic mass is 32.2. The summed E-state index contributed by atoms with van der Waals surface area (Å²) in [6.07, 6.45) is 4.91. The van der Waals surface area contributed by atoms with Crippen LogP contribution in [-0.4, -0.2) is 28.2 Å². The van der Waals surface area contributed by atoms with Gasteiger partial charge in [-0.15, -0.1) is 0 Å². The molecule has 2 heterocycles. The lowest BCUT2D eigenvalue weighted by molar-refractivity contribution is 0.601. The maximum absolute atomic E-state index is 12.5. The first-order chi connectivity index (χ1) is 14.0. The van der Waals surface area contributed by atoms with E-state index in [0.717, 1.165) is 11.3 Å². The van der Waals surface area contributed by atoms with Crippen molar-refractivity contribution in [3.05, 3.63) is 84.9 Å². The number of sulfonamides is 1. The quantitative estimate of drug-likeness (QED) is 0.508. The summed E-state index contributed by atoms with van der Waals surface area (Å²) in [4.78, 5) is 8.60. The summed E-state index contributed by atoms with van der Waals surface area (Å²) in [5.74, 6) is 1.23. The zero-order valence-electron chi connectivity index (χ0n) is 15.5. The molecule has 4 rings (SSSR count). The van der Waals surface area contributed by atoms with Crippen LogP contribution in [0.3, 0.4) is 0 Å². The molecule has 146 valence electrons. The van der Waals surface area contributed by atoms with Crippen molar-refractivity contribution < 1.29 is 8.42 Å². The number of benzene rings is 2. The molecule has 0 aliphatic heterocycles. The Morgan fingerprint density at radius 3 is 2.34 bits per heavy atom. The third-order valence-electron chi connectivity index (χ3n) is 4.13. The molecule has 0 fully saturated rings. The van der Waals surface area contributed by atoms with Gasteiger partial charge in [-0.2, -0.15) is 5.10 Å². The average Bonchev–Trinajstić information content (AvgIpc) is 3.25. The van der Waals surface area contributed by atoms with Crippen LogP contribution in [0.4, 0.5) is 17.2 Å². The van der Waals surface area contributed by atoms with Crippen molar-refractivity contribution in [2.24, 2.45) is 0 Å². The first-order valence-electron chi connectivity index (χ1n) is 8.78. The molecule has 0 spiro atoms. The molecule has 8 nitrogen and oxygen atoms in total. The van der Waals surface area contributed by atoms with E-state index in [2.05, 4.69) is 25.1 Å². The van der Waals surface area contributed by atoms with Gasteiger partial charge in [0, 0.05) is 29.8 Å². The van der Waals surface area contributed by atoms with E-state index >= 15 is 0 Å². The Labute approximate surface area is 168 Å². The van der Waals surface area contributed by atoms with E-state index in [4.69, 9.17) is 0 Å². The minimum atomic E-state index is -3.63. The summed E-state index contributed by atoms with van der Waals surface area (Å²) < 4.78 is 29.2. The number of nitrogens with zero attached hydrogens (tertiary/aromatic N) is 4. The van der Waals surface area contributed by atoms with Crippen molar-refractivity contribution in [2.75, 3.05) is 10.0 Å². The lowest BCUT2D eigenvalue weighted by Crippen LogP contribution is -2.12. The van der Waals surface area contributed by atoms with Crippen LogP contribution in [0.1, 0.15) is 5.56 Å². The Morgan fingerprint density at radius 2 is 1.66 bits per heavy atom. The third kappa shape index (κ3) is 4.41. The van der Waals surface area contributed by atoms with E-state index in [1.54, 1.807) is 71.7 Å². The molecule has 0 aliphatic carbocycles. The highest BCUT2D eigenvalue weighted by molar-refractivity contribution is 7.92. The lowest BCUT2D eigenvalue weighted by Gasteiger charge is -2.10. The maximum atomic E-state index is 12.5. The van der Waals surface area contributed by atoms with Crippen molar-refractivity contribution in [3.63, 3.8) is 0 Å². The zero-order chi connectivity index (χ0) is 20.3. The molecule has 4 aromatic rings. The Kier molecular flexibility index (Phi) is 4.96. The molecular formula is C20H18N6O2S. The lowest BCUT2D eigenvalue weighted by atomic mass is 10.2. The Balaban J connectivity index is 1.47. The summed E-state index contributed by atoms with van der Waals surface area (Å²) in [5.41, 5.74) is 2.23. The van der Waals surface area contributed by atoms with Gasteiger partial charge in [0.1, 0.15) is 12.1 Å². The van der Waals surface area contributed by atoms with Gasteiger partial charge < -0.3 is 5.32 Å². The minimum absolute atomic E-state index is 0.220. The first kappa shape index (κ1) is 18.6. The van der Waals surface area contributed by atoms with Crippen LogP contribution in [0.15, 0.2) is 84.3 Å². The molecule has 0 unspecified atom stereocenters. The highest BCUT2D eigenvalue weighted by Crippen LogP contribution is 2.21. The molecule has 0 atom stereocenters. The van der Waals surface area contributed by atoms with Crippen LogP contribution in [0.2, 0.25) is 0 Å². The summed E-state index contributed by atoms with van der Waals surface area (Å²) in [7, 11) is -3.63.